The van der Waals surface area contributed by atoms with Gasteiger partial charge in [0.15, 0.2) is 0 Å². The van der Waals surface area contributed by atoms with Crippen molar-refractivity contribution in [3.63, 3.8) is 0 Å². The quantitative estimate of drug-likeness (QED) is 0.417. The summed E-state index contributed by atoms with van der Waals surface area (Å²) in [7, 11) is -4.15. The van der Waals surface area contributed by atoms with Gasteiger partial charge >= 0.3 is 10.1 Å². The molecule has 0 saturated heterocycles. The van der Waals surface area contributed by atoms with Gasteiger partial charge in [0.2, 0.25) is 0 Å². The molecule has 0 fully saturated rings. The van der Waals surface area contributed by atoms with Crippen LogP contribution >= 0.6 is 11.6 Å². The molecule has 0 radical (unpaired) electrons. The van der Waals surface area contributed by atoms with Crippen LogP contribution in [-0.4, -0.2) is 25.3 Å². The number of nitrogens with zero attached hydrogens (tertiary/aromatic N) is 1. The molecule has 0 N–H and O–H groups in total. The molecule has 8 heteroatoms. The van der Waals surface area contributed by atoms with Gasteiger partial charge in [-0.3, -0.25) is 4.79 Å². The fraction of sp³-hybridized carbons (Fsp3) is 0.208. The Kier molecular flexibility index (Phi) is 7.21. The van der Waals surface area contributed by atoms with Gasteiger partial charge in [0.1, 0.15) is 16.5 Å². The van der Waals surface area contributed by atoms with Crippen LogP contribution < -0.4 is 4.18 Å². The largest absolute Gasteiger partial charge is 0.379 e. The fourth-order valence-corrected chi connectivity index (χ4v) is 4.99. The maximum absolute atomic E-state index is 13.6. The molecule has 0 atom stereocenters. The van der Waals surface area contributed by atoms with E-state index in [1.165, 1.54) is 30.3 Å². The molecule has 1 amide bonds. The molecule has 0 saturated carbocycles. The fourth-order valence-electron chi connectivity index (χ4n) is 3.27. The topological polar surface area (TPSA) is 63.7 Å². The third-order valence-electron chi connectivity index (χ3n) is 4.83. The Balaban J connectivity index is 1.85. The number of carbonyl (C=O) groups is 1. The minimum atomic E-state index is -4.15. The number of hydrogen-bond acceptors (Lipinski definition) is 4. The molecule has 3 rings (SSSR count). The molecule has 32 heavy (non-hydrogen) atoms. The summed E-state index contributed by atoms with van der Waals surface area (Å²) < 4.78 is 44.5. The third kappa shape index (κ3) is 5.47. The van der Waals surface area contributed by atoms with Crippen molar-refractivity contribution in [2.24, 2.45) is 0 Å². The molecular formula is C24H23ClFNO4S. The summed E-state index contributed by atoms with van der Waals surface area (Å²) in [5, 5.41) is 0.0767. The van der Waals surface area contributed by atoms with E-state index in [0.717, 1.165) is 0 Å². The molecular weight excluding hydrogens is 453 g/mol. The van der Waals surface area contributed by atoms with Crippen molar-refractivity contribution in [3.05, 3.63) is 94.3 Å². The Morgan fingerprint density at radius 3 is 2.41 bits per heavy atom. The van der Waals surface area contributed by atoms with Crippen LogP contribution in [0.4, 0.5) is 4.39 Å². The normalized spacial score (nSPS) is 11.4. The van der Waals surface area contributed by atoms with Crippen LogP contribution in [0.25, 0.3) is 0 Å². The van der Waals surface area contributed by atoms with Crippen LogP contribution in [0.3, 0.4) is 0 Å². The van der Waals surface area contributed by atoms with E-state index in [4.69, 9.17) is 15.8 Å². The summed E-state index contributed by atoms with van der Waals surface area (Å²) in [6.45, 7) is 5.52. The number of hydrogen-bond donors (Lipinski definition) is 0. The average molecular weight is 476 g/mol. The van der Waals surface area contributed by atoms with Crippen molar-refractivity contribution in [1.29, 1.82) is 0 Å². The van der Waals surface area contributed by atoms with E-state index in [1.807, 2.05) is 13.8 Å². The molecule has 3 aromatic carbocycles. The second kappa shape index (κ2) is 9.71. The second-order valence-corrected chi connectivity index (χ2v) is 9.50. The Bertz CT molecular complexity index is 1220. The van der Waals surface area contributed by atoms with E-state index in [1.54, 1.807) is 48.2 Å². The molecule has 0 spiro atoms. The highest BCUT2D eigenvalue weighted by Gasteiger charge is 2.24. The van der Waals surface area contributed by atoms with Crippen LogP contribution in [0.5, 0.6) is 5.75 Å². The summed E-state index contributed by atoms with van der Waals surface area (Å²) >= 11 is 6.09. The molecule has 3 aromatic rings. The number of carbonyl (C=O) groups excluding carboxylic acids is 1. The number of rotatable bonds is 7. The number of amides is 1. The van der Waals surface area contributed by atoms with Crippen molar-refractivity contribution in [3.8, 4) is 5.75 Å². The molecule has 0 aliphatic carbocycles. The first kappa shape index (κ1) is 23.8. The zero-order valence-corrected chi connectivity index (χ0v) is 19.5. The maximum Gasteiger partial charge on any atom is 0.340 e. The van der Waals surface area contributed by atoms with Crippen LogP contribution in [0.1, 0.15) is 35.3 Å². The van der Waals surface area contributed by atoms with E-state index in [0.29, 0.717) is 11.1 Å². The number of aryl methyl sites for hydroxylation is 1. The standard InChI is InChI=1S/C24H23ClFNO4S/c1-16(2)27(24(28)19-9-6-10-20(26)14-19)15-18-8-5-11-21(13-18)31-32(29,30)23-17(3)7-4-12-22(23)25/h4-14,16H,15H2,1-3H3. The minimum Gasteiger partial charge on any atom is -0.379 e. The average Bonchev–Trinajstić information content (AvgIpc) is 2.71. The van der Waals surface area contributed by atoms with Crippen LogP contribution in [0, 0.1) is 12.7 Å². The molecule has 5 nitrogen and oxygen atoms in total. The number of halogens is 2. The first-order valence-corrected chi connectivity index (χ1v) is 11.7. The van der Waals surface area contributed by atoms with Crippen LogP contribution in [-0.2, 0) is 16.7 Å². The molecule has 0 bridgehead atoms. The van der Waals surface area contributed by atoms with Crippen molar-refractivity contribution in [1.82, 2.24) is 4.90 Å². The minimum absolute atomic E-state index is 0.0767. The summed E-state index contributed by atoms with van der Waals surface area (Å²) in [4.78, 5) is 14.4. The number of benzene rings is 3. The monoisotopic (exact) mass is 475 g/mol. The molecule has 0 heterocycles. The lowest BCUT2D eigenvalue weighted by Crippen LogP contribution is -2.36. The SMILES string of the molecule is Cc1cccc(Cl)c1S(=O)(=O)Oc1cccc(CN(C(=O)c2cccc(F)c2)C(C)C)c1. The second-order valence-electron chi connectivity index (χ2n) is 7.61. The van der Waals surface area contributed by atoms with Crippen molar-refractivity contribution in [2.75, 3.05) is 0 Å². The Labute approximate surface area is 192 Å². The maximum atomic E-state index is 13.6. The van der Waals surface area contributed by atoms with Crippen molar-refractivity contribution in [2.45, 2.75) is 38.3 Å². The summed E-state index contributed by atoms with van der Waals surface area (Å²) in [6.07, 6.45) is 0. The smallest absolute Gasteiger partial charge is 0.340 e. The predicted molar refractivity (Wildman–Crippen MR) is 122 cm³/mol. The summed E-state index contributed by atoms with van der Waals surface area (Å²) in [5.74, 6) is -0.719. The zero-order valence-electron chi connectivity index (χ0n) is 17.9. The van der Waals surface area contributed by atoms with E-state index in [9.17, 15) is 17.6 Å². The lowest BCUT2D eigenvalue weighted by atomic mass is 10.1. The third-order valence-corrected chi connectivity index (χ3v) is 6.71. The highest BCUT2D eigenvalue weighted by molar-refractivity contribution is 7.87. The van der Waals surface area contributed by atoms with Crippen molar-refractivity contribution >= 4 is 27.6 Å². The van der Waals surface area contributed by atoms with Crippen LogP contribution in [0.15, 0.2) is 71.6 Å². The highest BCUT2D eigenvalue weighted by atomic mass is 35.5. The van der Waals surface area contributed by atoms with E-state index >= 15 is 0 Å². The zero-order chi connectivity index (χ0) is 23.5. The molecule has 0 aliphatic rings. The van der Waals surface area contributed by atoms with Gasteiger partial charge in [-0.25, -0.2) is 4.39 Å². The van der Waals surface area contributed by atoms with Gasteiger partial charge in [0.25, 0.3) is 5.91 Å². The first-order valence-electron chi connectivity index (χ1n) is 9.93. The molecule has 0 aromatic heterocycles. The predicted octanol–water partition coefficient (Wildman–Crippen LogP) is 5.61. The first-order chi connectivity index (χ1) is 15.1. The van der Waals surface area contributed by atoms with E-state index in [-0.39, 0.29) is 39.7 Å². The van der Waals surface area contributed by atoms with E-state index < -0.39 is 15.9 Å². The van der Waals surface area contributed by atoms with Gasteiger partial charge in [-0.2, -0.15) is 8.42 Å². The summed E-state index contributed by atoms with van der Waals surface area (Å²) in [5.41, 5.74) is 1.37. The molecule has 0 aliphatic heterocycles. The Morgan fingerprint density at radius 2 is 1.75 bits per heavy atom. The van der Waals surface area contributed by atoms with Crippen LogP contribution in [0.2, 0.25) is 5.02 Å². The van der Waals surface area contributed by atoms with Gasteiger partial charge in [0.05, 0.1) is 5.02 Å². The van der Waals surface area contributed by atoms with E-state index in [2.05, 4.69) is 0 Å². The van der Waals surface area contributed by atoms with Gasteiger partial charge in [-0.1, -0.05) is 41.9 Å². The van der Waals surface area contributed by atoms with Gasteiger partial charge in [-0.15, -0.1) is 0 Å². The molecule has 168 valence electrons. The molecule has 0 unspecified atom stereocenters. The highest BCUT2D eigenvalue weighted by Crippen LogP contribution is 2.28. The lowest BCUT2D eigenvalue weighted by molar-refractivity contribution is 0.0689. The van der Waals surface area contributed by atoms with Gasteiger partial charge in [-0.05, 0) is 68.3 Å². The lowest BCUT2D eigenvalue weighted by Gasteiger charge is -2.27. The Hall–Kier alpha value is -2.90. The van der Waals surface area contributed by atoms with Gasteiger partial charge < -0.3 is 9.08 Å². The van der Waals surface area contributed by atoms with Crippen molar-refractivity contribution < 1.29 is 21.8 Å². The summed E-state index contributed by atoms with van der Waals surface area (Å²) in [6, 6.07) is 16.6. The Morgan fingerprint density at radius 1 is 1.06 bits per heavy atom. The van der Waals surface area contributed by atoms with Gasteiger partial charge in [0, 0.05) is 18.2 Å².